The summed E-state index contributed by atoms with van der Waals surface area (Å²) in [5, 5.41) is 6.21. The van der Waals surface area contributed by atoms with Crippen molar-refractivity contribution in [3.63, 3.8) is 0 Å². The summed E-state index contributed by atoms with van der Waals surface area (Å²) in [7, 11) is 0. The van der Waals surface area contributed by atoms with Crippen LogP contribution in [0.4, 0.5) is 11.4 Å². The molecule has 0 saturated heterocycles. The van der Waals surface area contributed by atoms with Gasteiger partial charge in [-0.3, -0.25) is 9.59 Å². The zero-order chi connectivity index (χ0) is 17.8. The molecule has 2 aliphatic carbocycles. The van der Waals surface area contributed by atoms with Gasteiger partial charge in [0.15, 0.2) is 0 Å². The zero-order valence-corrected chi connectivity index (χ0v) is 16.2. The van der Waals surface area contributed by atoms with E-state index in [1.54, 1.807) is 6.07 Å². The van der Waals surface area contributed by atoms with Crippen LogP contribution in [0.1, 0.15) is 56.9 Å². The predicted molar refractivity (Wildman–Crippen MR) is 107 cm³/mol. The highest BCUT2D eigenvalue weighted by molar-refractivity contribution is 5.93. The van der Waals surface area contributed by atoms with Crippen LogP contribution in [0.5, 0.6) is 0 Å². The van der Waals surface area contributed by atoms with E-state index >= 15 is 0 Å². The second-order valence-electron chi connectivity index (χ2n) is 7.60. The van der Waals surface area contributed by atoms with Crippen LogP contribution in [0.15, 0.2) is 18.2 Å². The molecule has 2 saturated carbocycles. The molecule has 3 rings (SSSR count). The van der Waals surface area contributed by atoms with Crippen LogP contribution < -0.4 is 16.4 Å². The second-order valence-corrected chi connectivity index (χ2v) is 7.60. The molecule has 0 aromatic heterocycles. The average Bonchev–Trinajstić information content (AvgIpc) is 3.13. The Kier molecular flexibility index (Phi) is 7.33. The summed E-state index contributed by atoms with van der Waals surface area (Å²) in [4.78, 5) is 24.8. The first kappa shape index (κ1) is 20.6. The molecule has 0 aliphatic heterocycles. The average molecular weight is 380 g/mol. The summed E-state index contributed by atoms with van der Waals surface area (Å²) < 4.78 is 0. The molecule has 0 spiro atoms. The quantitative estimate of drug-likeness (QED) is 0.695. The van der Waals surface area contributed by atoms with Gasteiger partial charge in [-0.1, -0.05) is 18.9 Å². The molecule has 1 aromatic rings. The third-order valence-electron chi connectivity index (χ3n) is 5.69. The molecule has 144 valence electrons. The molecule has 2 amide bonds. The van der Waals surface area contributed by atoms with Crippen LogP contribution in [0.3, 0.4) is 0 Å². The molecule has 1 aromatic carbocycles. The van der Waals surface area contributed by atoms with E-state index < -0.39 is 0 Å². The number of carbonyl (C=O) groups excluding carboxylic acids is 2. The van der Waals surface area contributed by atoms with Crippen molar-refractivity contribution in [2.75, 3.05) is 11.1 Å². The number of hydrogen-bond acceptors (Lipinski definition) is 3. The van der Waals surface area contributed by atoms with Crippen LogP contribution in [-0.4, -0.2) is 17.9 Å². The van der Waals surface area contributed by atoms with Crippen molar-refractivity contribution in [3.05, 3.63) is 23.8 Å². The molecule has 0 unspecified atom stereocenters. The number of nitrogens with two attached hydrogens (primary N) is 1. The topological polar surface area (TPSA) is 84.2 Å². The van der Waals surface area contributed by atoms with E-state index in [1.807, 2.05) is 19.1 Å². The third kappa shape index (κ3) is 5.13. The molecule has 5 nitrogen and oxygen atoms in total. The first-order valence-corrected chi connectivity index (χ1v) is 9.50. The number of anilines is 2. The number of rotatable bonds is 4. The Labute approximate surface area is 161 Å². The van der Waals surface area contributed by atoms with E-state index in [-0.39, 0.29) is 42.1 Å². The standard InChI is InChI=1S/C20H29N3O2.ClH/c1-13-6-9-16(21)12-18(13)23-20(25)15-7-10-17(11-8-15)22-19(24)14-4-2-3-5-14;/h6,9,12,14-15,17H,2-5,7-8,10-11,21H2,1H3,(H,22,24)(H,23,25);1H. The van der Waals surface area contributed by atoms with Gasteiger partial charge in [0.2, 0.25) is 11.8 Å². The maximum Gasteiger partial charge on any atom is 0.227 e. The number of carbonyl (C=O) groups is 2. The van der Waals surface area contributed by atoms with E-state index in [0.29, 0.717) is 5.69 Å². The van der Waals surface area contributed by atoms with Gasteiger partial charge in [0.25, 0.3) is 0 Å². The number of nitrogen functional groups attached to an aromatic ring is 1. The van der Waals surface area contributed by atoms with Crippen molar-refractivity contribution in [2.45, 2.75) is 64.3 Å². The van der Waals surface area contributed by atoms with Crippen molar-refractivity contribution in [1.82, 2.24) is 5.32 Å². The highest BCUT2D eigenvalue weighted by Gasteiger charge is 2.29. The lowest BCUT2D eigenvalue weighted by Crippen LogP contribution is -2.41. The van der Waals surface area contributed by atoms with Crippen LogP contribution in [0.25, 0.3) is 0 Å². The summed E-state index contributed by atoms with van der Waals surface area (Å²) in [6, 6.07) is 5.79. The highest BCUT2D eigenvalue weighted by atomic mass is 35.5. The molecular weight excluding hydrogens is 350 g/mol. The van der Waals surface area contributed by atoms with Crippen LogP contribution in [0.2, 0.25) is 0 Å². The van der Waals surface area contributed by atoms with Gasteiger partial charge in [-0.05, 0) is 63.1 Å². The lowest BCUT2D eigenvalue weighted by atomic mass is 9.85. The van der Waals surface area contributed by atoms with E-state index in [2.05, 4.69) is 10.6 Å². The lowest BCUT2D eigenvalue weighted by Gasteiger charge is -2.29. The smallest absolute Gasteiger partial charge is 0.227 e. The number of benzene rings is 1. The maximum absolute atomic E-state index is 12.5. The van der Waals surface area contributed by atoms with Crippen molar-refractivity contribution in [1.29, 1.82) is 0 Å². The van der Waals surface area contributed by atoms with Crippen molar-refractivity contribution < 1.29 is 9.59 Å². The van der Waals surface area contributed by atoms with E-state index in [4.69, 9.17) is 5.73 Å². The zero-order valence-electron chi connectivity index (χ0n) is 15.4. The number of hydrogen-bond donors (Lipinski definition) is 3. The van der Waals surface area contributed by atoms with Crippen LogP contribution in [-0.2, 0) is 9.59 Å². The summed E-state index contributed by atoms with van der Waals surface area (Å²) in [6.07, 6.45) is 7.82. The largest absolute Gasteiger partial charge is 0.399 e. The van der Waals surface area contributed by atoms with Crippen LogP contribution >= 0.6 is 12.4 Å². The Balaban J connectivity index is 0.00000243. The summed E-state index contributed by atoms with van der Waals surface area (Å²) >= 11 is 0. The number of halogens is 1. The second kappa shape index (κ2) is 9.26. The van der Waals surface area contributed by atoms with E-state index in [0.717, 1.165) is 49.8 Å². The number of aryl methyl sites for hydroxylation is 1. The van der Waals surface area contributed by atoms with Crippen molar-refractivity contribution in [3.8, 4) is 0 Å². The fraction of sp³-hybridized carbons (Fsp3) is 0.600. The number of nitrogens with one attached hydrogen (secondary N) is 2. The SMILES string of the molecule is Cc1ccc(N)cc1NC(=O)C1CCC(NC(=O)C2CCCC2)CC1.Cl. The Morgan fingerprint density at radius 3 is 2.23 bits per heavy atom. The normalized spacial score (nSPS) is 23.1. The molecule has 6 heteroatoms. The maximum atomic E-state index is 12.5. The Bertz CT molecular complexity index is 636. The first-order chi connectivity index (χ1) is 12.0. The van der Waals surface area contributed by atoms with Gasteiger partial charge in [-0.2, -0.15) is 0 Å². The van der Waals surface area contributed by atoms with Crippen molar-refractivity contribution in [2.24, 2.45) is 11.8 Å². The molecule has 0 heterocycles. The predicted octanol–water partition coefficient (Wildman–Crippen LogP) is 3.80. The summed E-state index contributed by atoms with van der Waals surface area (Å²) in [5.74, 6) is 0.517. The Morgan fingerprint density at radius 1 is 0.962 bits per heavy atom. The summed E-state index contributed by atoms with van der Waals surface area (Å²) in [6.45, 7) is 1.96. The van der Waals surface area contributed by atoms with Gasteiger partial charge in [0, 0.05) is 29.3 Å². The van der Waals surface area contributed by atoms with Gasteiger partial charge < -0.3 is 16.4 Å². The van der Waals surface area contributed by atoms with Gasteiger partial charge >= 0.3 is 0 Å². The van der Waals surface area contributed by atoms with Crippen molar-refractivity contribution >= 4 is 35.6 Å². The third-order valence-corrected chi connectivity index (χ3v) is 5.69. The molecule has 26 heavy (non-hydrogen) atoms. The molecule has 2 aliphatic rings. The summed E-state index contributed by atoms with van der Waals surface area (Å²) in [5.41, 5.74) is 8.27. The van der Waals surface area contributed by atoms with Gasteiger partial charge in [0.05, 0.1) is 0 Å². The lowest BCUT2D eigenvalue weighted by molar-refractivity contribution is -0.125. The minimum Gasteiger partial charge on any atom is -0.399 e. The molecule has 2 fully saturated rings. The molecule has 0 bridgehead atoms. The molecule has 0 radical (unpaired) electrons. The minimum atomic E-state index is 0. The van der Waals surface area contributed by atoms with E-state index in [9.17, 15) is 9.59 Å². The van der Waals surface area contributed by atoms with Crippen LogP contribution in [0, 0.1) is 18.8 Å². The Morgan fingerprint density at radius 2 is 1.58 bits per heavy atom. The number of amides is 2. The van der Waals surface area contributed by atoms with E-state index in [1.165, 1.54) is 12.8 Å². The molecular formula is C20H30ClN3O2. The molecule has 4 N–H and O–H groups in total. The fourth-order valence-electron chi connectivity index (χ4n) is 4.02. The highest BCUT2D eigenvalue weighted by Crippen LogP contribution is 2.29. The first-order valence-electron chi connectivity index (χ1n) is 9.50. The fourth-order valence-corrected chi connectivity index (χ4v) is 4.02. The molecule has 0 atom stereocenters. The minimum absolute atomic E-state index is 0. The van der Waals surface area contributed by atoms with Gasteiger partial charge in [0.1, 0.15) is 0 Å². The van der Waals surface area contributed by atoms with Gasteiger partial charge in [-0.25, -0.2) is 0 Å². The Hall–Kier alpha value is -1.75. The monoisotopic (exact) mass is 379 g/mol. The van der Waals surface area contributed by atoms with Gasteiger partial charge in [-0.15, -0.1) is 12.4 Å².